The number of hydrogen-bond acceptors (Lipinski definition) is 3. The molecule has 100 valence electrons. The molecule has 18 heavy (non-hydrogen) atoms. The predicted octanol–water partition coefficient (Wildman–Crippen LogP) is 1.89. The molecular weight excluding hydrogens is 228 g/mol. The first-order valence-corrected chi connectivity index (χ1v) is 6.41. The van der Waals surface area contributed by atoms with Crippen LogP contribution in [0.4, 0.5) is 0 Å². The van der Waals surface area contributed by atoms with Gasteiger partial charge in [-0.3, -0.25) is 4.79 Å². The molecule has 0 radical (unpaired) electrons. The van der Waals surface area contributed by atoms with Crippen molar-refractivity contribution in [3.8, 4) is 5.75 Å². The van der Waals surface area contributed by atoms with Gasteiger partial charge in [0.05, 0.1) is 5.56 Å². The maximum atomic E-state index is 11.8. The summed E-state index contributed by atoms with van der Waals surface area (Å²) in [4.78, 5) is 11.8. The molecule has 1 amide bonds. The molecule has 4 nitrogen and oxygen atoms in total. The molecule has 0 aromatic heterocycles. The van der Waals surface area contributed by atoms with E-state index in [2.05, 4.69) is 19.2 Å². The minimum atomic E-state index is -0.283. The van der Waals surface area contributed by atoms with Gasteiger partial charge in [0.15, 0.2) is 0 Å². The van der Waals surface area contributed by atoms with Crippen molar-refractivity contribution in [3.05, 3.63) is 29.8 Å². The Morgan fingerprint density at radius 2 is 1.94 bits per heavy atom. The Bertz CT molecular complexity index is 389. The molecule has 4 heteroatoms. The van der Waals surface area contributed by atoms with Crippen LogP contribution in [0.15, 0.2) is 24.3 Å². The van der Waals surface area contributed by atoms with Gasteiger partial charge >= 0.3 is 0 Å². The number of carbonyl (C=O) groups is 1. The number of para-hydroxylation sites is 1. The number of amides is 1. The van der Waals surface area contributed by atoms with Crippen molar-refractivity contribution in [2.45, 2.75) is 32.7 Å². The Balaban J connectivity index is 2.54. The van der Waals surface area contributed by atoms with Crippen molar-refractivity contribution in [3.63, 3.8) is 0 Å². The molecule has 1 rings (SSSR count). The van der Waals surface area contributed by atoms with Crippen molar-refractivity contribution in [1.82, 2.24) is 5.32 Å². The van der Waals surface area contributed by atoms with Crippen molar-refractivity contribution in [1.29, 1.82) is 0 Å². The molecule has 4 N–H and O–H groups in total. The normalized spacial score (nSPS) is 12.4. The first-order valence-electron chi connectivity index (χ1n) is 6.41. The van der Waals surface area contributed by atoms with Gasteiger partial charge in [-0.15, -0.1) is 0 Å². The van der Waals surface area contributed by atoms with Crippen LogP contribution in [0.1, 0.15) is 37.0 Å². The monoisotopic (exact) mass is 250 g/mol. The fourth-order valence-electron chi connectivity index (χ4n) is 2.03. The zero-order valence-electron chi connectivity index (χ0n) is 11.0. The van der Waals surface area contributed by atoms with Gasteiger partial charge in [-0.05, 0) is 18.1 Å². The van der Waals surface area contributed by atoms with E-state index in [1.807, 2.05) is 0 Å². The summed E-state index contributed by atoms with van der Waals surface area (Å²) in [5.41, 5.74) is 6.31. The minimum Gasteiger partial charge on any atom is -0.507 e. The van der Waals surface area contributed by atoms with E-state index in [1.54, 1.807) is 18.2 Å². The van der Waals surface area contributed by atoms with Crippen LogP contribution in [0, 0.1) is 5.92 Å². The minimum absolute atomic E-state index is 0.00824. The van der Waals surface area contributed by atoms with E-state index >= 15 is 0 Å². The molecule has 0 spiro atoms. The van der Waals surface area contributed by atoms with Crippen molar-refractivity contribution >= 4 is 5.91 Å². The number of rotatable bonds is 6. The summed E-state index contributed by atoms with van der Waals surface area (Å²) in [6, 6.07) is 6.44. The van der Waals surface area contributed by atoms with E-state index in [-0.39, 0.29) is 23.3 Å². The highest BCUT2D eigenvalue weighted by atomic mass is 16.3. The second-order valence-corrected chi connectivity index (χ2v) is 4.47. The van der Waals surface area contributed by atoms with Crippen LogP contribution in [0.2, 0.25) is 0 Å². The number of nitrogens with one attached hydrogen (secondary N) is 1. The van der Waals surface area contributed by atoms with E-state index in [0.717, 1.165) is 12.8 Å². The van der Waals surface area contributed by atoms with Crippen LogP contribution < -0.4 is 11.1 Å². The molecular formula is C14H22N2O2. The largest absolute Gasteiger partial charge is 0.507 e. The molecule has 0 saturated heterocycles. The summed E-state index contributed by atoms with van der Waals surface area (Å²) in [6.07, 6.45) is 2.01. The molecule has 1 aromatic carbocycles. The third-order valence-electron chi connectivity index (χ3n) is 3.30. The van der Waals surface area contributed by atoms with Gasteiger partial charge in [0.1, 0.15) is 5.75 Å². The number of aromatic hydroxyl groups is 1. The number of nitrogens with two attached hydrogens (primary N) is 1. The second kappa shape index (κ2) is 7.01. The zero-order chi connectivity index (χ0) is 13.5. The summed E-state index contributed by atoms with van der Waals surface area (Å²) in [6.45, 7) is 4.62. The van der Waals surface area contributed by atoms with E-state index in [1.165, 1.54) is 6.07 Å². The number of hydrogen-bond donors (Lipinski definition) is 3. The summed E-state index contributed by atoms with van der Waals surface area (Å²) < 4.78 is 0. The average Bonchev–Trinajstić information content (AvgIpc) is 2.38. The molecule has 0 heterocycles. The van der Waals surface area contributed by atoms with Crippen LogP contribution >= 0.6 is 0 Å². The van der Waals surface area contributed by atoms with Crippen LogP contribution in [0.25, 0.3) is 0 Å². The number of phenols is 1. The van der Waals surface area contributed by atoms with E-state index in [9.17, 15) is 9.90 Å². The van der Waals surface area contributed by atoms with Gasteiger partial charge in [-0.2, -0.15) is 0 Å². The van der Waals surface area contributed by atoms with Crippen molar-refractivity contribution in [2.75, 3.05) is 6.54 Å². The van der Waals surface area contributed by atoms with Crippen LogP contribution in [0.3, 0.4) is 0 Å². The van der Waals surface area contributed by atoms with Gasteiger partial charge in [-0.1, -0.05) is 38.8 Å². The third kappa shape index (κ3) is 3.74. The molecule has 1 atom stereocenters. The highest BCUT2D eigenvalue weighted by Gasteiger charge is 2.16. The molecule has 0 fully saturated rings. The lowest BCUT2D eigenvalue weighted by Gasteiger charge is -2.21. The van der Waals surface area contributed by atoms with Gasteiger partial charge in [0.2, 0.25) is 0 Å². The smallest absolute Gasteiger partial charge is 0.255 e. The summed E-state index contributed by atoms with van der Waals surface area (Å²) in [7, 11) is 0. The first kappa shape index (κ1) is 14.5. The SMILES string of the molecule is CCC(CC)C(N)CNC(=O)c1ccccc1O. The van der Waals surface area contributed by atoms with Crippen LogP contribution in [-0.4, -0.2) is 23.6 Å². The number of carbonyl (C=O) groups excluding carboxylic acids is 1. The standard InChI is InChI=1S/C14H22N2O2/c1-3-10(4-2)12(15)9-16-14(18)11-7-5-6-8-13(11)17/h5-8,10,12,17H,3-4,9,15H2,1-2H3,(H,16,18). The third-order valence-corrected chi connectivity index (χ3v) is 3.30. The lowest BCUT2D eigenvalue weighted by molar-refractivity contribution is 0.0945. The molecule has 0 aliphatic rings. The maximum absolute atomic E-state index is 11.8. The Morgan fingerprint density at radius 3 is 2.50 bits per heavy atom. The Morgan fingerprint density at radius 1 is 1.33 bits per heavy atom. The fourth-order valence-corrected chi connectivity index (χ4v) is 2.03. The molecule has 0 saturated carbocycles. The van der Waals surface area contributed by atoms with Gasteiger partial charge in [-0.25, -0.2) is 0 Å². The lowest BCUT2D eigenvalue weighted by Crippen LogP contribution is -2.41. The van der Waals surface area contributed by atoms with Crippen LogP contribution in [0.5, 0.6) is 5.75 Å². The molecule has 0 bridgehead atoms. The quantitative estimate of drug-likeness (QED) is 0.721. The van der Waals surface area contributed by atoms with E-state index in [0.29, 0.717) is 12.5 Å². The fraction of sp³-hybridized carbons (Fsp3) is 0.500. The average molecular weight is 250 g/mol. The van der Waals surface area contributed by atoms with Crippen molar-refractivity contribution < 1.29 is 9.90 Å². The van der Waals surface area contributed by atoms with Gasteiger partial charge in [0.25, 0.3) is 5.91 Å². The lowest BCUT2D eigenvalue weighted by atomic mass is 9.95. The first-order chi connectivity index (χ1) is 8.60. The molecule has 0 aliphatic heterocycles. The Hall–Kier alpha value is -1.55. The van der Waals surface area contributed by atoms with Crippen LogP contribution in [-0.2, 0) is 0 Å². The number of phenolic OH excluding ortho intramolecular Hbond substituents is 1. The second-order valence-electron chi connectivity index (χ2n) is 4.47. The zero-order valence-corrected chi connectivity index (χ0v) is 11.0. The molecule has 0 aliphatic carbocycles. The molecule has 1 aromatic rings. The van der Waals surface area contributed by atoms with Gasteiger partial charge in [0, 0.05) is 12.6 Å². The molecule has 1 unspecified atom stereocenters. The summed E-state index contributed by atoms with van der Waals surface area (Å²) in [5, 5.41) is 12.3. The Kier molecular flexibility index (Phi) is 5.65. The highest BCUT2D eigenvalue weighted by molar-refractivity contribution is 5.96. The van der Waals surface area contributed by atoms with E-state index in [4.69, 9.17) is 5.73 Å². The Labute approximate surface area is 108 Å². The summed E-state index contributed by atoms with van der Waals surface area (Å²) in [5.74, 6) is 0.121. The van der Waals surface area contributed by atoms with Crippen molar-refractivity contribution in [2.24, 2.45) is 11.7 Å². The maximum Gasteiger partial charge on any atom is 0.255 e. The topological polar surface area (TPSA) is 75.3 Å². The predicted molar refractivity (Wildman–Crippen MR) is 72.5 cm³/mol. The summed E-state index contributed by atoms with van der Waals surface area (Å²) >= 11 is 0. The number of benzene rings is 1. The van der Waals surface area contributed by atoms with Gasteiger partial charge < -0.3 is 16.2 Å². The van der Waals surface area contributed by atoms with E-state index < -0.39 is 0 Å². The highest BCUT2D eigenvalue weighted by Crippen LogP contribution is 2.15.